The lowest BCUT2D eigenvalue weighted by atomic mass is 10.3. The number of rotatable bonds is 8. The second-order valence-corrected chi connectivity index (χ2v) is 5.25. The van der Waals surface area contributed by atoms with Crippen molar-refractivity contribution in [2.24, 2.45) is 0 Å². The van der Waals surface area contributed by atoms with Crippen LogP contribution in [0.5, 0.6) is 0 Å². The number of nitriles is 1. The van der Waals surface area contributed by atoms with E-state index < -0.39 is 15.8 Å². The first-order valence-corrected chi connectivity index (χ1v) is 6.59. The summed E-state index contributed by atoms with van der Waals surface area (Å²) in [5.41, 5.74) is 0. The fourth-order valence-electron chi connectivity index (χ4n) is 0.910. The van der Waals surface area contributed by atoms with Crippen molar-refractivity contribution in [2.45, 2.75) is 32.8 Å². The topological polar surface area (TPSA) is 79.2 Å². The Kier molecular flexibility index (Phi) is 7.30. The van der Waals surface area contributed by atoms with Crippen molar-refractivity contribution in [3.8, 4) is 6.07 Å². The third kappa shape index (κ3) is 9.66. The minimum absolute atomic E-state index is 0.209. The SMILES string of the molecule is CC(C)OCCCCNS(=O)(=O)CC#N. The van der Waals surface area contributed by atoms with Crippen LogP contribution in [0.25, 0.3) is 0 Å². The van der Waals surface area contributed by atoms with E-state index >= 15 is 0 Å². The molecular weight excluding hydrogens is 216 g/mol. The van der Waals surface area contributed by atoms with E-state index in [1.54, 1.807) is 6.07 Å². The van der Waals surface area contributed by atoms with E-state index in [1.165, 1.54) is 0 Å². The van der Waals surface area contributed by atoms with Crippen molar-refractivity contribution in [1.29, 1.82) is 5.26 Å². The van der Waals surface area contributed by atoms with Gasteiger partial charge in [0.1, 0.15) is 0 Å². The van der Waals surface area contributed by atoms with E-state index in [0.29, 0.717) is 13.2 Å². The van der Waals surface area contributed by atoms with Crippen molar-refractivity contribution >= 4 is 10.0 Å². The first kappa shape index (κ1) is 14.4. The molecule has 0 rings (SSSR count). The van der Waals surface area contributed by atoms with Gasteiger partial charge in [-0.05, 0) is 26.7 Å². The molecule has 0 aromatic heterocycles. The summed E-state index contributed by atoms with van der Waals surface area (Å²) in [6.45, 7) is 4.91. The molecule has 0 amide bonds. The molecule has 0 aliphatic rings. The van der Waals surface area contributed by atoms with Crippen LogP contribution >= 0.6 is 0 Å². The number of sulfonamides is 1. The van der Waals surface area contributed by atoms with Crippen molar-refractivity contribution < 1.29 is 13.2 Å². The highest BCUT2D eigenvalue weighted by Gasteiger charge is 2.07. The zero-order chi connectivity index (χ0) is 11.7. The fraction of sp³-hybridized carbons (Fsp3) is 0.889. The second-order valence-electron chi connectivity index (χ2n) is 3.44. The molecule has 0 spiro atoms. The molecule has 1 N–H and O–H groups in total. The van der Waals surface area contributed by atoms with Crippen LogP contribution in [0.3, 0.4) is 0 Å². The summed E-state index contributed by atoms with van der Waals surface area (Å²) >= 11 is 0. The first-order valence-electron chi connectivity index (χ1n) is 4.94. The van der Waals surface area contributed by atoms with Crippen molar-refractivity contribution in [3.63, 3.8) is 0 Å². The molecule has 0 unspecified atom stereocenters. The van der Waals surface area contributed by atoms with Gasteiger partial charge in [0.05, 0.1) is 12.2 Å². The van der Waals surface area contributed by atoms with Gasteiger partial charge in [-0.3, -0.25) is 0 Å². The Bertz CT molecular complexity index is 293. The molecule has 0 aromatic carbocycles. The van der Waals surface area contributed by atoms with Gasteiger partial charge in [0.15, 0.2) is 5.75 Å². The summed E-state index contributed by atoms with van der Waals surface area (Å²) in [6, 6.07) is 1.60. The normalized spacial score (nSPS) is 11.6. The Balaban J connectivity index is 3.44. The maximum Gasteiger partial charge on any atom is 0.225 e. The van der Waals surface area contributed by atoms with Crippen LogP contribution in [-0.4, -0.2) is 33.4 Å². The molecule has 15 heavy (non-hydrogen) atoms. The number of unbranched alkanes of at least 4 members (excludes halogenated alkanes) is 1. The number of nitrogens with one attached hydrogen (secondary N) is 1. The van der Waals surface area contributed by atoms with E-state index in [2.05, 4.69) is 4.72 Å². The average molecular weight is 234 g/mol. The van der Waals surface area contributed by atoms with Gasteiger partial charge in [-0.2, -0.15) is 5.26 Å². The molecule has 0 aromatic rings. The number of hydrogen-bond donors (Lipinski definition) is 1. The monoisotopic (exact) mass is 234 g/mol. The Morgan fingerprint density at radius 3 is 2.60 bits per heavy atom. The van der Waals surface area contributed by atoms with Crippen molar-refractivity contribution in [2.75, 3.05) is 18.9 Å². The highest BCUT2D eigenvalue weighted by atomic mass is 32.2. The molecule has 5 nitrogen and oxygen atoms in total. The fourth-order valence-corrected chi connectivity index (χ4v) is 1.64. The van der Waals surface area contributed by atoms with Gasteiger partial charge < -0.3 is 4.74 Å². The van der Waals surface area contributed by atoms with Gasteiger partial charge >= 0.3 is 0 Å². The third-order valence-corrected chi connectivity index (χ3v) is 2.75. The van der Waals surface area contributed by atoms with Gasteiger partial charge in [0.2, 0.25) is 10.0 Å². The number of hydrogen-bond acceptors (Lipinski definition) is 4. The molecule has 0 aliphatic carbocycles. The quantitative estimate of drug-likeness (QED) is 0.625. The molecule has 0 saturated carbocycles. The number of nitrogens with zero attached hydrogens (tertiary/aromatic N) is 1. The van der Waals surface area contributed by atoms with Gasteiger partial charge in [-0.1, -0.05) is 0 Å². The summed E-state index contributed by atoms with van der Waals surface area (Å²) in [5.74, 6) is -0.477. The van der Waals surface area contributed by atoms with Crippen LogP contribution < -0.4 is 4.72 Å². The molecule has 6 heteroatoms. The highest BCUT2D eigenvalue weighted by Crippen LogP contribution is 1.94. The summed E-state index contributed by atoms with van der Waals surface area (Å²) in [4.78, 5) is 0. The van der Waals surface area contributed by atoms with E-state index in [1.807, 2.05) is 13.8 Å². The molecule has 0 saturated heterocycles. The molecule has 88 valence electrons. The van der Waals surface area contributed by atoms with Crippen LogP contribution in [0.1, 0.15) is 26.7 Å². The van der Waals surface area contributed by atoms with Crippen molar-refractivity contribution in [1.82, 2.24) is 4.72 Å². The molecule has 0 radical (unpaired) electrons. The predicted octanol–water partition coefficient (Wildman–Crippen LogP) is 0.635. The Hall–Kier alpha value is -0.640. The van der Waals surface area contributed by atoms with Crippen LogP contribution in [0, 0.1) is 11.3 Å². The zero-order valence-electron chi connectivity index (χ0n) is 9.19. The van der Waals surface area contributed by atoms with Crippen LogP contribution in [0.2, 0.25) is 0 Å². The molecule has 0 fully saturated rings. The van der Waals surface area contributed by atoms with Crippen LogP contribution in [0.15, 0.2) is 0 Å². The lowest BCUT2D eigenvalue weighted by Gasteiger charge is -2.07. The summed E-state index contributed by atoms with van der Waals surface area (Å²) in [7, 11) is -3.39. The van der Waals surface area contributed by atoms with E-state index in [9.17, 15) is 8.42 Å². The standard InChI is InChI=1S/C9H18N2O3S/c1-9(2)14-7-4-3-6-11-15(12,13)8-5-10/h9,11H,3-4,6-8H2,1-2H3. The summed E-state index contributed by atoms with van der Waals surface area (Å²) in [5, 5.41) is 8.21. The largest absolute Gasteiger partial charge is 0.379 e. The summed E-state index contributed by atoms with van der Waals surface area (Å²) in [6.07, 6.45) is 1.74. The maximum atomic E-state index is 11.0. The third-order valence-electron chi connectivity index (χ3n) is 1.60. The maximum absolute atomic E-state index is 11.0. The lowest BCUT2D eigenvalue weighted by Crippen LogP contribution is -2.27. The Morgan fingerprint density at radius 1 is 1.40 bits per heavy atom. The molecular formula is C9H18N2O3S. The summed E-state index contributed by atoms with van der Waals surface area (Å²) < 4.78 is 29.6. The minimum Gasteiger partial charge on any atom is -0.379 e. The first-order chi connectivity index (χ1) is 6.98. The van der Waals surface area contributed by atoms with Gasteiger partial charge in [-0.25, -0.2) is 13.1 Å². The smallest absolute Gasteiger partial charge is 0.225 e. The second kappa shape index (κ2) is 7.63. The van der Waals surface area contributed by atoms with Crippen LogP contribution in [0.4, 0.5) is 0 Å². The van der Waals surface area contributed by atoms with Gasteiger partial charge in [0.25, 0.3) is 0 Å². The van der Waals surface area contributed by atoms with E-state index in [-0.39, 0.29) is 6.10 Å². The lowest BCUT2D eigenvalue weighted by molar-refractivity contribution is 0.0762. The Labute approximate surface area is 91.5 Å². The number of ether oxygens (including phenoxy) is 1. The molecule has 0 aliphatic heterocycles. The van der Waals surface area contributed by atoms with E-state index in [4.69, 9.17) is 10.00 Å². The van der Waals surface area contributed by atoms with E-state index in [0.717, 1.165) is 12.8 Å². The predicted molar refractivity (Wildman–Crippen MR) is 57.7 cm³/mol. The van der Waals surface area contributed by atoms with Crippen molar-refractivity contribution in [3.05, 3.63) is 0 Å². The zero-order valence-corrected chi connectivity index (χ0v) is 10.0. The van der Waals surface area contributed by atoms with Crippen LogP contribution in [-0.2, 0) is 14.8 Å². The Morgan fingerprint density at radius 2 is 2.07 bits per heavy atom. The average Bonchev–Trinajstić information content (AvgIpc) is 2.10. The molecule has 0 atom stereocenters. The molecule has 0 bridgehead atoms. The molecule has 0 heterocycles. The van der Waals surface area contributed by atoms with Gasteiger partial charge in [-0.15, -0.1) is 0 Å². The highest BCUT2D eigenvalue weighted by molar-refractivity contribution is 7.89. The van der Waals surface area contributed by atoms with Gasteiger partial charge in [0, 0.05) is 13.2 Å². The minimum atomic E-state index is -3.39.